The van der Waals surface area contributed by atoms with E-state index in [2.05, 4.69) is 23.8 Å². The van der Waals surface area contributed by atoms with Crippen LogP contribution in [0.2, 0.25) is 0 Å². The molecular weight excluding hydrogens is 204 g/mol. The average Bonchev–Trinajstić information content (AvgIpc) is 2.15. The van der Waals surface area contributed by atoms with Crippen LogP contribution in [-0.4, -0.2) is 22.5 Å². The summed E-state index contributed by atoms with van der Waals surface area (Å²) in [5.74, 6) is 0.739. The van der Waals surface area contributed by atoms with E-state index in [0.29, 0.717) is 24.0 Å². The van der Waals surface area contributed by atoms with Crippen LogP contribution in [0.5, 0.6) is 0 Å². The first-order chi connectivity index (χ1) is 7.52. The Bertz CT molecular complexity index is 375. The molecule has 0 aromatic carbocycles. The number of carbonyl (C=O) groups is 1. The Labute approximate surface area is 96.1 Å². The third-order valence-corrected chi connectivity index (χ3v) is 1.99. The molecule has 0 spiro atoms. The van der Waals surface area contributed by atoms with Crippen molar-refractivity contribution in [2.45, 2.75) is 34.1 Å². The molecule has 0 aliphatic carbocycles. The molecule has 1 heterocycles. The number of esters is 1. The van der Waals surface area contributed by atoms with Gasteiger partial charge in [0.2, 0.25) is 0 Å². The van der Waals surface area contributed by atoms with Gasteiger partial charge in [-0.1, -0.05) is 13.8 Å². The number of hydrogen-bond acceptors (Lipinski definition) is 4. The van der Waals surface area contributed by atoms with E-state index in [1.165, 1.54) is 0 Å². The molecular formula is C12H18N2O2. The Morgan fingerprint density at radius 2 is 2.12 bits per heavy atom. The summed E-state index contributed by atoms with van der Waals surface area (Å²) in [6.07, 6.45) is 0.843. The van der Waals surface area contributed by atoms with Gasteiger partial charge >= 0.3 is 5.97 Å². The lowest BCUT2D eigenvalue weighted by Gasteiger charge is -2.07. The van der Waals surface area contributed by atoms with E-state index in [9.17, 15) is 4.79 Å². The SMILES string of the molecule is CCOC(=O)c1cc(CC(C)C)nc(C)n1. The van der Waals surface area contributed by atoms with Gasteiger partial charge in [0.15, 0.2) is 5.69 Å². The summed E-state index contributed by atoms with van der Waals surface area (Å²) >= 11 is 0. The molecule has 0 atom stereocenters. The second-order valence-corrected chi connectivity index (χ2v) is 4.11. The highest BCUT2D eigenvalue weighted by Gasteiger charge is 2.11. The third kappa shape index (κ3) is 3.61. The Morgan fingerprint density at radius 1 is 1.44 bits per heavy atom. The first-order valence-corrected chi connectivity index (χ1v) is 5.54. The highest BCUT2D eigenvalue weighted by atomic mass is 16.5. The number of hydrogen-bond donors (Lipinski definition) is 0. The van der Waals surface area contributed by atoms with Crippen LogP contribution < -0.4 is 0 Å². The molecule has 4 heteroatoms. The van der Waals surface area contributed by atoms with Crippen molar-refractivity contribution in [1.29, 1.82) is 0 Å². The number of aryl methyl sites for hydroxylation is 1. The number of nitrogens with zero attached hydrogens (tertiary/aromatic N) is 2. The molecule has 0 bridgehead atoms. The summed E-state index contributed by atoms with van der Waals surface area (Å²) in [5, 5.41) is 0. The van der Waals surface area contributed by atoms with Crippen LogP contribution >= 0.6 is 0 Å². The zero-order chi connectivity index (χ0) is 12.1. The molecule has 1 rings (SSSR count). The molecule has 0 saturated heterocycles. The normalized spacial score (nSPS) is 10.6. The fourth-order valence-corrected chi connectivity index (χ4v) is 1.46. The topological polar surface area (TPSA) is 52.1 Å². The van der Waals surface area contributed by atoms with Gasteiger partial charge in [-0.05, 0) is 32.3 Å². The number of rotatable bonds is 4. The van der Waals surface area contributed by atoms with Crippen molar-refractivity contribution >= 4 is 5.97 Å². The Morgan fingerprint density at radius 3 is 2.69 bits per heavy atom. The molecule has 0 unspecified atom stereocenters. The van der Waals surface area contributed by atoms with Gasteiger partial charge in [0.05, 0.1) is 6.61 Å². The van der Waals surface area contributed by atoms with E-state index in [-0.39, 0.29) is 5.97 Å². The molecule has 1 aromatic heterocycles. The van der Waals surface area contributed by atoms with Gasteiger partial charge in [-0.25, -0.2) is 14.8 Å². The molecule has 88 valence electrons. The monoisotopic (exact) mass is 222 g/mol. The highest BCUT2D eigenvalue weighted by molar-refractivity contribution is 5.87. The number of ether oxygens (including phenoxy) is 1. The van der Waals surface area contributed by atoms with Crippen LogP contribution in [0.15, 0.2) is 6.07 Å². The van der Waals surface area contributed by atoms with Gasteiger partial charge < -0.3 is 4.74 Å². The van der Waals surface area contributed by atoms with Gasteiger partial charge in [-0.3, -0.25) is 0 Å². The zero-order valence-electron chi connectivity index (χ0n) is 10.3. The van der Waals surface area contributed by atoms with Crippen LogP contribution in [0.4, 0.5) is 0 Å². The fourth-order valence-electron chi connectivity index (χ4n) is 1.46. The minimum Gasteiger partial charge on any atom is -0.461 e. The second kappa shape index (κ2) is 5.58. The predicted octanol–water partition coefficient (Wildman–Crippen LogP) is 2.16. The van der Waals surface area contributed by atoms with Crippen LogP contribution in [0.3, 0.4) is 0 Å². The number of aromatic nitrogens is 2. The third-order valence-electron chi connectivity index (χ3n) is 1.99. The largest absolute Gasteiger partial charge is 0.461 e. The van der Waals surface area contributed by atoms with Gasteiger partial charge in [0.1, 0.15) is 5.82 Å². The van der Waals surface area contributed by atoms with Crippen molar-refractivity contribution in [3.8, 4) is 0 Å². The lowest BCUT2D eigenvalue weighted by molar-refractivity contribution is 0.0518. The van der Waals surface area contributed by atoms with E-state index >= 15 is 0 Å². The van der Waals surface area contributed by atoms with Crippen molar-refractivity contribution in [3.05, 3.63) is 23.3 Å². The van der Waals surface area contributed by atoms with Crippen molar-refractivity contribution < 1.29 is 9.53 Å². The van der Waals surface area contributed by atoms with E-state index in [1.807, 2.05) is 0 Å². The maximum absolute atomic E-state index is 11.5. The Kier molecular flexibility index (Phi) is 4.40. The van der Waals surface area contributed by atoms with Crippen LogP contribution in [0.25, 0.3) is 0 Å². The van der Waals surface area contributed by atoms with E-state index < -0.39 is 0 Å². The molecule has 0 N–H and O–H groups in total. The van der Waals surface area contributed by atoms with Crippen molar-refractivity contribution in [1.82, 2.24) is 9.97 Å². The molecule has 4 nitrogen and oxygen atoms in total. The minimum atomic E-state index is -0.377. The summed E-state index contributed by atoms with van der Waals surface area (Å²) in [7, 11) is 0. The van der Waals surface area contributed by atoms with Crippen LogP contribution in [0.1, 0.15) is 42.8 Å². The van der Waals surface area contributed by atoms with Gasteiger partial charge in [0, 0.05) is 5.69 Å². The summed E-state index contributed by atoms with van der Waals surface area (Å²) in [5.41, 5.74) is 1.25. The molecule has 0 aliphatic rings. The maximum Gasteiger partial charge on any atom is 0.357 e. The molecule has 0 radical (unpaired) electrons. The summed E-state index contributed by atoms with van der Waals surface area (Å²) in [6, 6.07) is 1.71. The van der Waals surface area contributed by atoms with Gasteiger partial charge in [0.25, 0.3) is 0 Å². The first-order valence-electron chi connectivity index (χ1n) is 5.54. The van der Waals surface area contributed by atoms with Crippen molar-refractivity contribution in [2.24, 2.45) is 5.92 Å². The molecule has 1 aromatic rings. The number of carbonyl (C=O) groups excluding carboxylic acids is 1. The quantitative estimate of drug-likeness (QED) is 0.732. The average molecular weight is 222 g/mol. The van der Waals surface area contributed by atoms with E-state index in [4.69, 9.17) is 4.74 Å². The standard InChI is InChI=1S/C12H18N2O2/c1-5-16-12(15)11-7-10(6-8(2)3)13-9(4)14-11/h7-8H,5-6H2,1-4H3. The minimum absolute atomic E-state index is 0.352. The molecule has 0 aliphatic heterocycles. The van der Waals surface area contributed by atoms with Gasteiger partial charge in [-0.2, -0.15) is 0 Å². The Hall–Kier alpha value is -1.45. The van der Waals surface area contributed by atoms with Gasteiger partial charge in [-0.15, -0.1) is 0 Å². The highest BCUT2D eigenvalue weighted by Crippen LogP contribution is 2.08. The lowest BCUT2D eigenvalue weighted by atomic mass is 10.1. The van der Waals surface area contributed by atoms with Crippen molar-refractivity contribution in [3.63, 3.8) is 0 Å². The lowest BCUT2D eigenvalue weighted by Crippen LogP contribution is -2.11. The molecule has 16 heavy (non-hydrogen) atoms. The van der Waals surface area contributed by atoms with E-state index in [1.54, 1.807) is 19.9 Å². The van der Waals surface area contributed by atoms with Crippen LogP contribution in [-0.2, 0) is 11.2 Å². The first kappa shape index (κ1) is 12.6. The zero-order valence-corrected chi connectivity index (χ0v) is 10.3. The maximum atomic E-state index is 11.5. The molecule has 0 amide bonds. The Balaban J connectivity index is 2.93. The fraction of sp³-hybridized carbons (Fsp3) is 0.583. The summed E-state index contributed by atoms with van der Waals surface area (Å²) in [4.78, 5) is 19.9. The van der Waals surface area contributed by atoms with Crippen molar-refractivity contribution in [2.75, 3.05) is 6.61 Å². The second-order valence-electron chi connectivity index (χ2n) is 4.11. The predicted molar refractivity (Wildman–Crippen MR) is 61.3 cm³/mol. The van der Waals surface area contributed by atoms with E-state index in [0.717, 1.165) is 12.1 Å². The summed E-state index contributed by atoms with van der Waals surface area (Å²) in [6.45, 7) is 8.15. The van der Waals surface area contributed by atoms with Crippen LogP contribution in [0, 0.1) is 12.8 Å². The molecule has 0 saturated carbocycles. The molecule has 0 fully saturated rings. The smallest absolute Gasteiger partial charge is 0.357 e. The summed E-state index contributed by atoms with van der Waals surface area (Å²) < 4.78 is 4.91.